The summed E-state index contributed by atoms with van der Waals surface area (Å²) in [6.07, 6.45) is 8.30. The molecule has 0 unspecified atom stereocenters. The zero-order valence-corrected chi connectivity index (χ0v) is 21.5. The second-order valence-corrected chi connectivity index (χ2v) is 9.85. The van der Waals surface area contributed by atoms with Crippen LogP contribution in [0.25, 0.3) is 0 Å². The van der Waals surface area contributed by atoms with Gasteiger partial charge in [0.1, 0.15) is 17.7 Å². The molecule has 0 saturated heterocycles. The molecule has 1 aromatic carbocycles. The van der Waals surface area contributed by atoms with Crippen molar-refractivity contribution < 1.29 is 17.9 Å². The summed E-state index contributed by atoms with van der Waals surface area (Å²) in [5, 5.41) is 15.3. The summed E-state index contributed by atoms with van der Waals surface area (Å²) in [7, 11) is 0. The van der Waals surface area contributed by atoms with Gasteiger partial charge in [-0.1, -0.05) is 0 Å². The van der Waals surface area contributed by atoms with Crippen molar-refractivity contribution >= 4 is 21.6 Å². The van der Waals surface area contributed by atoms with Crippen LogP contribution in [0.2, 0.25) is 0 Å². The number of pyridine rings is 1. The van der Waals surface area contributed by atoms with Crippen molar-refractivity contribution in [2.45, 2.75) is 52.3 Å². The number of nitrogens with zero attached hydrogens (tertiary/aromatic N) is 3. The van der Waals surface area contributed by atoms with E-state index in [1.165, 1.54) is 31.0 Å². The standard InChI is InChI=1S/C26H27BrF3N5O/c1-15-24(8-20(27)12-32-15)36-16(2)23-9-21(28)5-6-22(23)25(31)19(11-33-26(29)30)7-18-10-34-35(14-18)13-17-3-4-17/h5-6,8-12,14,16-17,26,31,33H,3-4,7,13H2,1-2H3/b19-11-,31-25?/t16-/m1/s1. The lowest BCUT2D eigenvalue weighted by molar-refractivity contribution is 0.125. The Morgan fingerprint density at radius 3 is 2.81 bits per heavy atom. The van der Waals surface area contributed by atoms with Crippen LogP contribution < -0.4 is 10.1 Å². The first-order valence-electron chi connectivity index (χ1n) is 11.6. The number of hydrogen-bond donors (Lipinski definition) is 2. The van der Waals surface area contributed by atoms with Crippen LogP contribution in [0.5, 0.6) is 5.75 Å². The van der Waals surface area contributed by atoms with Crippen molar-refractivity contribution in [2.24, 2.45) is 5.92 Å². The molecular weight excluding hydrogens is 535 g/mol. The molecule has 10 heteroatoms. The molecule has 190 valence electrons. The van der Waals surface area contributed by atoms with Gasteiger partial charge in [-0.3, -0.25) is 15.1 Å². The molecule has 4 rings (SSSR count). The molecule has 36 heavy (non-hydrogen) atoms. The fourth-order valence-corrected chi connectivity index (χ4v) is 4.20. The number of nitrogens with one attached hydrogen (secondary N) is 2. The third-order valence-corrected chi connectivity index (χ3v) is 6.39. The Kier molecular flexibility index (Phi) is 8.13. The fourth-order valence-electron chi connectivity index (χ4n) is 3.89. The third kappa shape index (κ3) is 6.75. The zero-order valence-electron chi connectivity index (χ0n) is 19.9. The highest BCUT2D eigenvalue weighted by Gasteiger charge is 2.23. The Labute approximate surface area is 216 Å². The predicted octanol–water partition coefficient (Wildman–Crippen LogP) is 6.34. The van der Waals surface area contributed by atoms with Gasteiger partial charge in [-0.05, 0) is 83.9 Å². The van der Waals surface area contributed by atoms with Gasteiger partial charge in [-0.25, -0.2) is 4.39 Å². The van der Waals surface area contributed by atoms with E-state index in [9.17, 15) is 13.2 Å². The maximum absolute atomic E-state index is 14.3. The van der Waals surface area contributed by atoms with Crippen LogP contribution in [0.4, 0.5) is 13.2 Å². The van der Waals surface area contributed by atoms with E-state index in [1.54, 1.807) is 32.3 Å². The van der Waals surface area contributed by atoms with Crippen molar-refractivity contribution in [3.05, 3.63) is 87.3 Å². The van der Waals surface area contributed by atoms with Crippen molar-refractivity contribution in [3.63, 3.8) is 0 Å². The van der Waals surface area contributed by atoms with Crippen LogP contribution in [0.1, 0.15) is 48.3 Å². The summed E-state index contributed by atoms with van der Waals surface area (Å²) >= 11 is 3.37. The topological polar surface area (TPSA) is 75.8 Å². The van der Waals surface area contributed by atoms with E-state index < -0.39 is 18.5 Å². The van der Waals surface area contributed by atoms with Crippen molar-refractivity contribution in [3.8, 4) is 5.75 Å². The number of alkyl halides is 2. The normalized spacial score (nSPS) is 14.7. The summed E-state index contributed by atoms with van der Waals surface area (Å²) < 4.78 is 49.0. The van der Waals surface area contributed by atoms with Crippen LogP contribution in [-0.4, -0.2) is 27.0 Å². The quantitative estimate of drug-likeness (QED) is 0.211. The molecule has 1 saturated carbocycles. The highest BCUT2D eigenvalue weighted by Crippen LogP contribution is 2.31. The summed E-state index contributed by atoms with van der Waals surface area (Å²) in [4.78, 5) is 4.26. The predicted molar refractivity (Wildman–Crippen MR) is 135 cm³/mol. The molecule has 0 amide bonds. The number of allylic oxidation sites excluding steroid dienone is 1. The van der Waals surface area contributed by atoms with E-state index in [0.717, 1.165) is 22.8 Å². The number of ether oxygens (including phenoxy) is 1. The van der Waals surface area contributed by atoms with Crippen LogP contribution in [0, 0.1) is 24.1 Å². The van der Waals surface area contributed by atoms with Crippen molar-refractivity contribution in [2.75, 3.05) is 0 Å². The van der Waals surface area contributed by atoms with Crippen LogP contribution in [0.3, 0.4) is 0 Å². The average Bonchev–Trinajstić information content (AvgIpc) is 3.54. The van der Waals surface area contributed by atoms with Gasteiger partial charge in [0.2, 0.25) is 0 Å². The molecule has 1 aliphatic rings. The maximum Gasteiger partial charge on any atom is 0.312 e. The Morgan fingerprint density at radius 1 is 1.31 bits per heavy atom. The minimum atomic E-state index is -2.78. The van der Waals surface area contributed by atoms with E-state index in [4.69, 9.17) is 10.1 Å². The molecule has 0 bridgehead atoms. The molecule has 0 aliphatic heterocycles. The van der Waals surface area contributed by atoms with Gasteiger partial charge in [0.15, 0.2) is 0 Å². The highest BCUT2D eigenvalue weighted by atomic mass is 79.9. The van der Waals surface area contributed by atoms with Gasteiger partial charge in [0, 0.05) is 47.2 Å². The lowest BCUT2D eigenvalue weighted by Crippen LogP contribution is -2.19. The summed E-state index contributed by atoms with van der Waals surface area (Å²) in [6.45, 7) is 1.58. The van der Waals surface area contributed by atoms with Gasteiger partial charge in [0.05, 0.1) is 17.6 Å². The van der Waals surface area contributed by atoms with E-state index in [1.807, 2.05) is 16.2 Å². The molecule has 1 atom stereocenters. The second kappa shape index (κ2) is 11.3. The fraction of sp³-hybridized carbons (Fsp3) is 0.346. The van der Waals surface area contributed by atoms with E-state index >= 15 is 0 Å². The molecule has 0 spiro atoms. The SMILES string of the molecule is Cc1ncc(Br)cc1O[C@H](C)c1cc(F)ccc1C(=N)/C(=C\NC(F)F)Cc1cnn(CC2CC2)c1. The molecule has 2 heterocycles. The van der Waals surface area contributed by atoms with E-state index in [0.29, 0.717) is 34.1 Å². The van der Waals surface area contributed by atoms with Crippen molar-refractivity contribution in [1.29, 1.82) is 5.41 Å². The minimum absolute atomic E-state index is 0.00682. The van der Waals surface area contributed by atoms with E-state index in [-0.39, 0.29) is 12.1 Å². The van der Waals surface area contributed by atoms with Gasteiger partial charge >= 0.3 is 6.55 Å². The molecule has 3 aromatic rings. The van der Waals surface area contributed by atoms with Crippen molar-refractivity contribution in [1.82, 2.24) is 20.1 Å². The molecule has 0 radical (unpaired) electrons. The van der Waals surface area contributed by atoms with Gasteiger partial charge < -0.3 is 10.1 Å². The summed E-state index contributed by atoms with van der Waals surface area (Å²) in [6, 6.07) is 5.80. The smallest absolute Gasteiger partial charge is 0.312 e. The van der Waals surface area contributed by atoms with E-state index in [2.05, 4.69) is 26.0 Å². The van der Waals surface area contributed by atoms with Gasteiger partial charge in [-0.2, -0.15) is 13.9 Å². The highest BCUT2D eigenvalue weighted by molar-refractivity contribution is 9.10. The first-order chi connectivity index (χ1) is 17.2. The lowest BCUT2D eigenvalue weighted by Gasteiger charge is -2.21. The van der Waals surface area contributed by atoms with Crippen LogP contribution in [0.15, 0.2) is 59.1 Å². The summed E-state index contributed by atoms with van der Waals surface area (Å²) in [5.41, 5.74) is 2.58. The second-order valence-electron chi connectivity index (χ2n) is 8.93. The number of aromatic nitrogens is 3. The largest absolute Gasteiger partial charge is 0.484 e. The van der Waals surface area contributed by atoms with Gasteiger partial charge in [-0.15, -0.1) is 0 Å². The molecule has 1 fully saturated rings. The lowest BCUT2D eigenvalue weighted by atomic mass is 9.92. The first kappa shape index (κ1) is 25.9. The van der Waals surface area contributed by atoms with Crippen LogP contribution in [-0.2, 0) is 13.0 Å². The Balaban J connectivity index is 1.62. The Hall–Kier alpha value is -3.14. The Morgan fingerprint density at radius 2 is 2.08 bits per heavy atom. The Bertz CT molecular complexity index is 1270. The maximum atomic E-state index is 14.3. The molecule has 2 aromatic heterocycles. The number of hydrogen-bond acceptors (Lipinski definition) is 5. The molecule has 2 N–H and O–H groups in total. The van der Waals surface area contributed by atoms with Gasteiger partial charge in [0.25, 0.3) is 0 Å². The number of halogens is 4. The number of rotatable bonds is 11. The average molecular weight is 562 g/mol. The number of aryl methyl sites for hydroxylation is 1. The third-order valence-electron chi connectivity index (χ3n) is 5.96. The molecular formula is C26H27BrF3N5O. The zero-order chi connectivity index (χ0) is 25.8. The van der Waals surface area contributed by atoms with Crippen LogP contribution >= 0.6 is 15.9 Å². The summed E-state index contributed by atoms with van der Waals surface area (Å²) in [5.74, 6) is 0.661. The molecule has 1 aliphatic carbocycles. The first-order valence-corrected chi connectivity index (χ1v) is 12.4. The monoisotopic (exact) mass is 561 g/mol. The minimum Gasteiger partial charge on any atom is -0.484 e. The number of benzene rings is 1. The molecule has 6 nitrogen and oxygen atoms in total.